The number of amides is 2. The van der Waals surface area contributed by atoms with Crippen LogP contribution in [-0.4, -0.2) is 40.8 Å². The highest BCUT2D eigenvalue weighted by atomic mass is 19.1. The van der Waals surface area contributed by atoms with Crippen LogP contribution in [0.25, 0.3) is 16.6 Å². The third kappa shape index (κ3) is 2.81. The summed E-state index contributed by atoms with van der Waals surface area (Å²) in [5, 5.41) is 8.52. The van der Waals surface area contributed by atoms with Crippen LogP contribution in [0.5, 0.6) is 0 Å². The SMILES string of the molecule is CNC(=O)N1CCC(c2nn(-c3ccccc3F)c3ccccc23)CC1. The molecule has 5 nitrogen and oxygen atoms in total. The van der Waals surface area contributed by atoms with Gasteiger partial charge in [0.25, 0.3) is 0 Å². The van der Waals surface area contributed by atoms with E-state index in [1.54, 1.807) is 23.9 Å². The van der Waals surface area contributed by atoms with Crippen LogP contribution in [0.3, 0.4) is 0 Å². The predicted octanol–water partition coefficient (Wildman–Crippen LogP) is 3.68. The van der Waals surface area contributed by atoms with Crippen LogP contribution in [0.15, 0.2) is 48.5 Å². The number of nitrogens with one attached hydrogen (secondary N) is 1. The summed E-state index contributed by atoms with van der Waals surface area (Å²) in [6.07, 6.45) is 1.71. The maximum absolute atomic E-state index is 14.3. The van der Waals surface area contributed by atoms with Gasteiger partial charge in [-0.1, -0.05) is 30.3 Å². The Morgan fingerprint density at radius 2 is 1.81 bits per heavy atom. The number of para-hydroxylation sites is 2. The molecule has 6 heteroatoms. The van der Waals surface area contributed by atoms with Crippen LogP contribution in [0.1, 0.15) is 24.5 Å². The van der Waals surface area contributed by atoms with E-state index in [0.717, 1.165) is 29.4 Å². The van der Waals surface area contributed by atoms with Gasteiger partial charge < -0.3 is 10.2 Å². The second-order valence-electron chi connectivity index (χ2n) is 6.58. The summed E-state index contributed by atoms with van der Waals surface area (Å²) in [7, 11) is 1.65. The number of fused-ring (bicyclic) bond motifs is 1. The van der Waals surface area contributed by atoms with E-state index >= 15 is 0 Å². The lowest BCUT2D eigenvalue weighted by Crippen LogP contribution is -2.42. The molecule has 2 heterocycles. The van der Waals surface area contributed by atoms with Gasteiger partial charge in [0.2, 0.25) is 0 Å². The zero-order chi connectivity index (χ0) is 18.1. The maximum atomic E-state index is 14.3. The average Bonchev–Trinajstić information content (AvgIpc) is 3.07. The number of piperidine rings is 1. The van der Waals surface area contributed by atoms with Crippen molar-refractivity contribution < 1.29 is 9.18 Å². The maximum Gasteiger partial charge on any atom is 0.317 e. The van der Waals surface area contributed by atoms with Crippen LogP contribution in [-0.2, 0) is 0 Å². The Labute approximate surface area is 151 Å². The average molecular weight is 352 g/mol. The minimum atomic E-state index is -0.290. The van der Waals surface area contributed by atoms with E-state index in [2.05, 4.69) is 5.32 Å². The Balaban J connectivity index is 1.71. The van der Waals surface area contributed by atoms with Crippen molar-refractivity contribution >= 4 is 16.9 Å². The monoisotopic (exact) mass is 352 g/mol. The van der Waals surface area contributed by atoms with Crippen molar-refractivity contribution in [3.63, 3.8) is 0 Å². The highest BCUT2D eigenvalue weighted by Crippen LogP contribution is 2.33. The van der Waals surface area contributed by atoms with Crippen LogP contribution in [0.2, 0.25) is 0 Å². The van der Waals surface area contributed by atoms with Crippen LogP contribution >= 0.6 is 0 Å². The molecule has 4 rings (SSSR count). The lowest BCUT2D eigenvalue weighted by Gasteiger charge is -2.31. The zero-order valence-electron chi connectivity index (χ0n) is 14.7. The van der Waals surface area contributed by atoms with Crippen molar-refractivity contribution in [2.24, 2.45) is 0 Å². The van der Waals surface area contributed by atoms with E-state index in [1.807, 2.05) is 35.2 Å². The smallest absolute Gasteiger partial charge is 0.317 e. The van der Waals surface area contributed by atoms with Gasteiger partial charge in [0, 0.05) is 31.4 Å². The summed E-state index contributed by atoms with van der Waals surface area (Å²) in [6, 6.07) is 14.6. The first-order valence-electron chi connectivity index (χ1n) is 8.88. The Morgan fingerprint density at radius 1 is 1.12 bits per heavy atom. The van der Waals surface area contributed by atoms with Crippen molar-refractivity contribution in [1.29, 1.82) is 0 Å². The lowest BCUT2D eigenvalue weighted by atomic mass is 9.92. The van der Waals surface area contributed by atoms with Gasteiger partial charge in [-0.2, -0.15) is 5.10 Å². The fraction of sp³-hybridized carbons (Fsp3) is 0.300. The normalized spacial score (nSPS) is 15.4. The summed E-state index contributed by atoms with van der Waals surface area (Å²) in [6.45, 7) is 1.40. The van der Waals surface area contributed by atoms with E-state index in [9.17, 15) is 9.18 Å². The third-order valence-corrected chi connectivity index (χ3v) is 5.08. The number of rotatable bonds is 2. The summed E-state index contributed by atoms with van der Waals surface area (Å²) in [4.78, 5) is 13.6. The van der Waals surface area contributed by atoms with Gasteiger partial charge in [-0.05, 0) is 31.0 Å². The lowest BCUT2D eigenvalue weighted by molar-refractivity contribution is 0.183. The molecule has 0 unspecified atom stereocenters. The molecule has 1 saturated heterocycles. The molecule has 3 aromatic rings. The number of likely N-dealkylation sites (tertiary alicyclic amines) is 1. The molecule has 2 amide bonds. The summed E-state index contributed by atoms with van der Waals surface area (Å²) < 4.78 is 16.0. The Morgan fingerprint density at radius 3 is 2.54 bits per heavy atom. The minimum Gasteiger partial charge on any atom is -0.341 e. The number of aromatic nitrogens is 2. The molecule has 26 heavy (non-hydrogen) atoms. The quantitative estimate of drug-likeness (QED) is 0.765. The van der Waals surface area contributed by atoms with Gasteiger partial charge in [0.1, 0.15) is 11.5 Å². The van der Waals surface area contributed by atoms with Crippen molar-refractivity contribution in [2.45, 2.75) is 18.8 Å². The molecular formula is C20H21FN4O. The molecule has 1 N–H and O–H groups in total. The molecule has 134 valence electrons. The van der Waals surface area contributed by atoms with Crippen molar-refractivity contribution in [3.05, 3.63) is 60.0 Å². The number of hydrogen-bond acceptors (Lipinski definition) is 2. The van der Waals surface area contributed by atoms with Crippen molar-refractivity contribution in [2.75, 3.05) is 20.1 Å². The van der Waals surface area contributed by atoms with Gasteiger partial charge in [0.05, 0.1) is 11.2 Å². The second-order valence-corrected chi connectivity index (χ2v) is 6.58. The van der Waals surface area contributed by atoms with Gasteiger partial charge in [0.15, 0.2) is 0 Å². The largest absolute Gasteiger partial charge is 0.341 e. The second kappa shape index (κ2) is 6.78. The number of urea groups is 1. The van der Waals surface area contributed by atoms with Crippen LogP contribution in [0.4, 0.5) is 9.18 Å². The molecule has 0 aliphatic carbocycles. The summed E-state index contributed by atoms with van der Waals surface area (Å²) in [5.74, 6) is -0.0319. The molecule has 1 fully saturated rings. The van der Waals surface area contributed by atoms with E-state index in [4.69, 9.17) is 5.10 Å². The molecule has 1 aliphatic rings. The predicted molar refractivity (Wildman–Crippen MR) is 99.0 cm³/mol. The molecule has 0 saturated carbocycles. The number of benzene rings is 2. The van der Waals surface area contributed by atoms with Crippen LogP contribution < -0.4 is 5.32 Å². The van der Waals surface area contributed by atoms with Gasteiger partial charge in [-0.3, -0.25) is 0 Å². The van der Waals surface area contributed by atoms with Crippen LogP contribution in [0, 0.1) is 5.82 Å². The molecule has 0 radical (unpaired) electrons. The van der Waals surface area contributed by atoms with Crippen molar-refractivity contribution in [1.82, 2.24) is 20.0 Å². The molecule has 0 spiro atoms. The van der Waals surface area contributed by atoms with Crippen molar-refractivity contribution in [3.8, 4) is 5.69 Å². The highest BCUT2D eigenvalue weighted by Gasteiger charge is 2.27. The molecule has 1 aliphatic heterocycles. The standard InChI is InChI=1S/C20H21FN4O/c1-22-20(26)24-12-10-14(11-13-24)19-15-6-2-4-8-17(15)25(23-19)18-9-5-3-7-16(18)21/h2-9,14H,10-13H2,1H3,(H,22,26). The first kappa shape index (κ1) is 16.6. The fourth-order valence-corrected chi connectivity index (χ4v) is 3.71. The molecule has 1 aromatic heterocycles. The summed E-state index contributed by atoms with van der Waals surface area (Å²) in [5.41, 5.74) is 2.35. The molecule has 0 bridgehead atoms. The highest BCUT2D eigenvalue weighted by molar-refractivity contribution is 5.84. The Kier molecular flexibility index (Phi) is 4.32. The van der Waals surface area contributed by atoms with E-state index < -0.39 is 0 Å². The number of carbonyl (C=O) groups excluding carboxylic acids is 1. The van der Waals surface area contributed by atoms with E-state index in [0.29, 0.717) is 18.8 Å². The van der Waals surface area contributed by atoms with E-state index in [-0.39, 0.29) is 17.8 Å². The topological polar surface area (TPSA) is 50.2 Å². The number of nitrogens with zero attached hydrogens (tertiary/aromatic N) is 3. The first-order valence-corrected chi connectivity index (χ1v) is 8.88. The third-order valence-electron chi connectivity index (χ3n) is 5.08. The first-order chi connectivity index (χ1) is 12.7. The number of halogens is 1. The van der Waals surface area contributed by atoms with E-state index in [1.165, 1.54) is 6.07 Å². The molecule has 0 atom stereocenters. The molecule has 2 aromatic carbocycles. The zero-order valence-corrected chi connectivity index (χ0v) is 14.7. The number of carbonyl (C=O) groups is 1. The summed E-state index contributed by atoms with van der Waals surface area (Å²) >= 11 is 0. The fourth-order valence-electron chi connectivity index (χ4n) is 3.71. The van der Waals surface area contributed by atoms with Gasteiger partial charge in [-0.15, -0.1) is 0 Å². The Bertz CT molecular complexity index is 944. The van der Waals surface area contributed by atoms with Gasteiger partial charge in [-0.25, -0.2) is 13.9 Å². The minimum absolute atomic E-state index is 0.0369. The Hall–Kier alpha value is -2.89. The molecular weight excluding hydrogens is 331 g/mol. The number of hydrogen-bond donors (Lipinski definition) is 1. The van der Waals surface area contributed by atoms with Gasteiger partial charge >= 0.3 is 6.03 Å².